The molecule has 1 atom stereocenters. The summed E-state index contributed by atoms with van der Waals surface area (Å²) in [6, 6.07) is 28.1. The van der Waals surface area contributed by atoms with Gasteiger partial charge < -0.3 is 19.6 Å². The first-order valence-electron chi connectivity index (χ1n) is 13.2. The zero-order chi connectivity index (χ0) is 25.7. The fourth-order valence-electron chi connectivity index (χ4n) is 5.91. The minimum Gasteiger partial charge on any atom is -0.453 e. The topological polar surface area (TPSA) is 75.6 Å². The number of quaternary nitrogens is 1. The number of carbonyl (C=O) groups is 2. The maximum Gasteiger partial charge on any atom is 0.348 e. The van der Waals surface area contributed by atoms with E-state index in [1.54, 1.807) is 48.5 Å². The van der Waals surface area contributed by atoms with E-state index in [1.807, 2.05) is 30.3 Å². The number of esters is 1. The summed E-state index contributed by atoms with van der Waals surface area (Å²) in [6.07, 6.45) is 2.28. The Balaban J connectivity index is 1.26. The molecule has 37 heavy (non-hydrogen) atoms. The van der Waals surface area contributed by atoms with Crippen LogP contribution in [0.15, 0.2) is 91.0 Å². The first-order chi connectivity index (χ1) is 18.0. The molecule has 3 heterocycles. The highest BCUT2D eigenvalue weighted by molar-refractivity contribution is 5.85. The monoisotopic (exact) mass is 499 g/mol. The van der Waals surface area contributed by atoms with Crippen LogP contribution < -0.4 is 5.32 Å². The van der Waals surface area contributed by atoms with Crippen molar-refractivity contribution in [2.45, 2.75) is 31.0 Å². The number of fused-ring (bicyclic) bond motifs is 3. The predicted octanol–water partition coefficient (Wildman–Crippen LogP) is 3.43. The molecule has 0 aliphatic carbocycles. The van der Waals surface area contributed by atoms with Crippen LogP contribution in [-0.4, -0.2) is 60.3 Å². The Kier molecular flexibility index (Phi) is 7.40. The number of carbonyl (C=O) groups excluding carboxylic acids is 2. The second-order valence-corrected chi connectivity index (χ2v) is 10.4. The number of rotatable bonds is 9. The second-order valence-electron chi connectivity index (χ2n) is 10.4. The van der Waals surface area contributed by atoms with Crippen molar-refractivity contribution in [1.29, 1.82) is 0 Å². The van der Waals surface area contributed by atoms with Gasteiger partial charge in [0.25, 0.3) is 5.91 Å². The van der Waals surface area contributed by atoms with Gasteiger partial charge in [-0.3, -0.25) is 4.79 Å². The van der Waals surface area contributed by atoms with Crippen molar-refractivity contribution >= 4 is 11.9 Å². The van der Waals surface area contributed by atoms with Gasteiger partial charge in [0.2, 0.25) is 5.60 Å². The molecule has 192 valence electrons. The first-order valence-corrected chi connectivity index (χ1v) is 13.2. The highest BCUT2D eigenvalue weighted by Crippen LogP contribution is 2.38. The van der Waals surface area contributed by atoms with Gasteiger partial charge in [-0.25, -0.2) is 4.79 Å². The molecule has 3 aromatic carbocycles. The average molecular weight is 500 g/mol. The van der Waals surface area contributed by atoms with Crippen LogP contribution in [-0.2, 0) is 26.3 Å². The minimum atomic E-state index is -1.89. The van der Waals surface area contributed by atoms with Crippen molar-refractivity contribution in [1.82, 2.24) is 5.32 Å². The number of benzene rings is 3. The third-order valence-corrected chi connectivity index (χ3v) is 8.04. The Morgan fingerprint density at radius 1 is 0.865 bits per heavy atom. The smallest absolute Gasteiger partial charge is 0.348 e. The minimum absolute atomic E-state index is 0.0337. The molecule has 2 N–H and O–H groups in total. The number of piperidine rings is 3. The lowest BCUT2D eigenvalue weighted by atomic mass is 9.82. The summed E-state index contributed by atoms with van der Waals surface area (Å²) in [4.78, 5) is 26.5. The molecule has 0 spiro atoms. The van der Waals surface area contributed by atoms with E-state index in [0.717, 1.165) is 32.4 Å². The molecule has 1 amide bonds. The van der Waals surface area contributed by atoms with Crippen LogP contribution in [0, 0.1) is 5.92 Å². The fourth-order valence-corrected chi connectivity index (χ4v) is 5.91. The van der Waals surface area contributed by atoms with E-state index in [0.29, 0.717) is 35.2 Å². The Morgan fingerprint density at radius 3 is 1.97 bits per heavy atom. The van der Waals surface area contributed by atoms with Crippen molar-refractivity contribution < 1.29 is 23.9 Å². The van der Waals surface area contributed by atoms with E-state index in [1.165, 1.54) is 5.56 Å². The van der Waals surface area contributed by atoms with Crippen LogP contribution in [0.5, 0.6) is 0 Å². The normalized spacial score (nSPS) is 22.8. The molecule has 2 bridgehead atoms. The number of hydrogen-bond donors (Lipinski definition) is 2. The third-order valence-electron chi connectivity index (χ3n) is 8.04. The number of ether oxygens (including phenoxy) is 1. The van der Waals surface area contributed by atoms with Crippen LogP contribution in [0.3, 0.4) is 0 Å². The molecular weight excluding hydrogens is 464 g/mol. The molecule has 3 aliphatic heterocycles. The molecule has 3 aromatic rings. The molecule has 0 aromatic heterocycles. The van der Waals surface area contributed by atoms with E-state index in [2.05, 4.69) is 17.4 Å². The van der Waals surface area contributed by atoms with Crippen LogP contribution in [0.4, 0.5) is 0 Å². The van der Waals surface area contributed by atoms with Gasteiger partial charge in [0.05, 0.1) is 13.1 Å². The van der Waals surface area contributed by atoms with Crippen molar-refractivity contribution in [3.8, 4) is 0 Å². The van der Waals surface area contributed by atoms with Crippen molar-refractivity contribution in [3.05, 3.63) is 108 Å². The maximum atomic E-state index is 13.7. The third kappa shape index (κ3) is 5.45. The number of hydrogen-bond acceptors (Lipinski definition) is 4. The van der Waals surface area contributed by atoms with Gasteiger partial charge in [-0.05, 0) is 23.1 Å². The Morgan fingerprint density at radius 2 is 1.41 bits per heavy atom. The standard InChI is InChI=1S/C31H34N2O4/c34-29(32-19-16-24-10-4-1-5-11-24)23-33-20-17-25(18-21-33)28(22-33)37-30(35)31(36,26-12-6-2-7-13-26)27-14-8-3-9-15-27/h1-15,25,28,36H,16-23H2/p+1/t25?,28-,33?/m0/s1. The first kappa shape index (κ1) is 25.2. The van der Waals surface area contributed by atoms with Crippen LogP contribution in [0.1, 0.15) is 29.5 Å². The highest BCUT2D eigenvalue weighted by atomic mass is 16.6. The summed E-state index contributed by atoms with van der Waals surface area (Å²) in [5.41, 5.74) is 0.266. The maximum absolute atomic E-state index is 13.7. The number of nitrogens with one attached hydrogen (secondary N) is 1. The largest absolute Gasteiger partial charge is 0.453 e. The zero-order valence-corrected chi connectivity index (χ0v) is 21.1. The number of nitrogens with zero attached hydrogens (tertiary/aromatic N) is 1. The van der Waals surface area contributed by atoms with E-state index in [-0.39, 0.29) is 17.9 Å². The van der Waals surface area contributed by atoms with E-state index < -0.39 is 11.6 Å². The van der Waals surface area contributed by atoms with Crippen LogP contribution in [0.25, 0.3) is 0 Å². The molecular formula is C31H35N2O4+. The second kappa shape index (κ2) is 10.9. The molecule has 0 unspecified atom stereocenters. The van der Waals surface area contributed by atoms with Gasteiger partial charge >= 0.3 is 5.97 Å². The molecule has 3 aliphatic rings. The van der Waals surface area contributed by atoms with Gasteiger partial charge in [-0.1, -0.05) is 91.0 Å². The van der Waals surface area contributed by atoms with Crippen molar-refractivity contribution in [3.63, 3.8) is 0 Å². The lowest BCUT2D eigenvalue weighted by Gasteiger charge is -2.51. The van der Waals surface area contributed by atoms with Crippen LogP contribution in [0.2, 0.25) is 0 Å². The average Bonchev–Trinajstić information content (AvgIpc) is 2.94. The SMILES string of the molecule is O=C(C[N+]12CCC(CC1)[C@@H](OC(=O)C(O)(c1ccccc1)c1ccccc1)C2)NCCc1ccccc1. The van der Waals surface area contributed by atoms with E-state index >= 15 is 0 Å². The molecule has 0 saturated carbocycles. The Bertz CT molecular complexity index is 1150. The van der Waals surface area contributed by atoms with Crippen molar-refractivity contribution in [2.24, 2.45) is 5.92 Å². The summed E-state index contributed by atoms with van der Waals surface area (Å²) < 4.78 is 6.73. The summed E-state index contributed by atoms with van der Waals surface area (Å²) in [6.45, 7) is 3.41. The predicted molar refractivity (Wildman–Crippen MR) is 141 cm³/mol. The van der Waals surface area contributed by atoms with Crippen LogP contribution >= 0.6 is 0 Å². The van der Waals surface area contributed by atoms with Crippen molar-refractivity contribution in [2.75, 3.05) is 32.7 Å². The Hall–Kier alpha value is -3.48. The molecule has 6 nitrogen and oxygen atoms in total. The molecule has 3 fully saturated rings. The number of amides is 1. The van der Waals surface area contributed by atoms with E-state index in [4.69, 9.17) is 4.74 Å². The van der Waals surface area contributed by atoms with Gasteiger partial charge in [0.15, 0.2) is 12.6 Å². The molecule has 0 radical (unpaired) electrons. The van der Waals surface area contributed by atoms with E-state index in [9.17, 15) is 14.7 Å². The summed E-state index contributed by atoms with van der Waals surface area (Å²) in [5.74, 6) is -0.374. The molecule has 3 saturated heterocycles. The van der Waals surface area contributed by atoms with Gasteiger partial charge in [0, 0.05) is 25.3 Å². The molecule has 6 heteroatoms. The quantitative estimate of drug-likeness (QED) is 0.349. The Labute approximate surface area is 218 Å². The summed E-state index contributed by atoms with van der Waals surface area (Å²) >= 11 is 0. The van der Waals surface area contributed by atoms with Gasteiger partial charge in [-0.2, -0.15) is 0 Å². The molecule has 6 rings (SSSR count). The summed E-state index contributed by atoms with van der Waals surface area (Å²) in [7, 11) is 0. The number of aliphatic hydroxyl groups is 1. The van der Waals surface area contributed by atoms with Gasteiger partial charge in [0.1, 0.15) is 6.54 Å². The lowest BCUT2D eigenvalue weighted by molar-refractivity contribution is -0.939. The zero-order valence-electron chi connectivity index (χ0n) is 21.1. The summed E-state index contributed by atoms with van der Waals surface area (Å²) in [5, 5.41) is 14.9. The fraction of sp³-hybridized carbons (Fsp3) is 0.355. The highest BCUT2D eigenvalue weighted by Gasteiger charge is 2.51. The van der Waals surface area contributed by atoms with Gasteiger partial charge in [-0.15, -0.1) is 0 Å². The lowest BCUT2D eigenvalue weighted by Crippen LogP contribution is -2.67.